The van der Waals surface area contributed by atoms with E-state index >= 15 is 0 Å². The van der Waals surface area contributed by atoms with Crippen molar-refractivity contribution in [1.82, 2.24) is 4.98 Å². The van der Waals surface area contributed by atoms with E-state index in [-0.39, 0.29) is 10.0 Å². The predicted molar refractivity (Wildman–Crippen MR) is 48.3 cm³/mol. The molecule has 76 valence electrons. The first-order chi connectivity index (χ1) is 6.43. The van der Waals surface area contributed by atoms with Gasteiger partial charge in [0.2, 0.25) is 5.69 Å². The summed E-state index contributed by atoms with van der Waals surface area (Å²) in [6.45, 7) is 1.44. The van der Waals surface area contributed by atoms with Gasteiger partial charge in [-0.1, -0.05) is 0 Å². The number of aromatic nitrogens is 1. The Bertz CT molecular complexity index is 384. The number of nitrogens with zero attached hydrogens (tertiary/aromatic N) is 2. The first-order valence-electron chi connectivity index (χ1n) is 3.53. The molecular weight excluding hydrogens is 262 g/mol. The third-order valence-electron chi connectivity index (χ3n) is 1.55. The maximum Gasteiger partial charge on any atom is 0.366 e. The molecule has 0 aliphatic heterocycles. The molecule has 0 aliphatic rings. The van der Waals surface area contributed by atoms with Crippen molar-refractivity contribution in [3.05, 3.63) is 31.9 Å². The summed E-state index contributed by atoms with van der Waals surface area (Å²) in [6, 6.07) is 1.26. The Morgan fingerprint density at radius 3 is 2.64 bits per heavy atom. The summed E-state index contributed by atoms with van der Waals surface area (Å²) in [5.74, 6) is -0.538. The first-order valence-corrected chi connectivity index (χ1v) is 4.32. The van der Waals surface area contributed by atoms with E-state index in [1.807, 2.05) is 0 Å². The van der Waals surface area contributed by atoms with Gasteiger partial charge < -0.3 is 10.1 Å². The monoisotopic (exact) mass is 266 g/mol. The molecular formula is C7H5BrF2N2O2. The molecule has 0 fully saturated rings. The second kappa shape index (κ2) is 3.95. The lowest BCUT2D eigenvalue weighted by atomic mass is 10.2. The van der Waals surface area contributed by atoms with E-state index in [9.17, 15) is 18.9 Å². The Hall–Kier alpha value is -1.11. The van der Waals surface area contributed by atoms with Crippen LogP contribution >= 0.6 is 15.9 Å². The van der Waals surface area contributed by atoms with Crippen LogP contribution < -0.4 is 0 Å². The molecule has 0 saturated carbocycles. The van der Waals surface area contributed by atoms with Crippen molar-refractivity contribution >= 4 is 21.7 Å². The number of alkyl halides is 2. The van der Waals surface area contributed by atoms with Gasteiger partial charge in [-0.3, -0.25) is 0 Å². The Labute approximate surface area is 86.2 Å². The Morgan fingerprint density at radius 1 is 1.64 bits per heavy atom. The van der Waals surface area contributed by atoms with Crippen LogP contribution in [-0.4, -0.2) is 9.91 Å². The summed E-state index contributed by atoms with van der Waals surface area (Å²) in [4.78, 5) is 12.9. The molecule has 1 rings (SSSR count). The van der Waals surface area contributed by atoms with E-state index in [0.717, 1.165) is 0 Å². The van der Waals surface area contributed by atoms with Gasteiger partial charge >= 0.3 is 12.2 Å². The highest BCUT2D eigenvalue weighted by molar-refractivity contribution is 9.10. The fraction of sp³-hybridized carbons (Fsp3) is 0.286. The molecule has 0 aromatic carbocycles. The number of aryl methyl sites for hydroxylation is 1. The highest BCUT2D eigenvalue weighted by atomic mass is 79.9. The summed E-state index contributed by atoms with van der Waals surface area (Å²) in [6.07, 6.45) is -2.83. The lowest BCUT2D eigenvalue weighted by Crippen LogP contribution is -2.00. The average molecular weight is 267 g/mol. The van der Waals surface area contributed by atoms with Crippen LogP contribution in [0.25, 0.3) is 0 Å². The molecule has 7 heteroatoms. The zero-order chi connectivity index (χ0) is 10.9. The zero-order valence-electron chi connectivity index (χ0n) is 7.00. The van der Waals surface area contributed by atoms with Crippen LogP contribution in [0.5, 0.6) is 0 Å². The molecule has 0 bridgehead atoms. The van der Waals surface area contributed by atoms with Gasteiger partial charge in [-0.15, -0.1) is 0 Å². The lowest BCUT2D eigenvalue weighted by Gasteiger charge is -2.01. The van der Waals surface area contributed by atoms with Crippen molar-refractivity contribution in [3.8, 4) is 0 Å². The minimum Gasteiger partial charge on any atom is -0.358 e. The van der Waals surface area contributed by atoms with Crippen molar-refractivity contribution < 1.29 is 13.7 Å². The number of nitro groups is 1. The van der Waals surface area contributed by atoms with Gasteiger partial charge in [0.1, 0.15) is 0 Å². The van der Waals surface area contributed by atoms with Crippen LogP contribution in [-0.2, 0) is 0 Å². The fourth-order valence-electron chi connectivity index (χ4n) is 0.922. The molecule has 0 spiro atoms. The van der Waals surface area contributed by atoms with Gasteiger partial charge in [-0.25, -0.2) is 8.78 Å². The van der Waals surface area contributed by atoms with Crippen LogP contribution in [0.2, 0.25) is 0 Å². The fourth-order valence-corrected chi connectivity index (χ4v) is 1.53. The van der Waals surface area contributed by atoms with Gasteiger partial charge in [0.25, 0.3) is 0 Å². The quantitative estimate of drug-likeness (QED) is 0.611. The third kappa shape index (κ3) is 2.03. The molecule has 1 aromatic heterocycles. The number of hydrogen-bond acceptors (Lipinski definition) is 3. The standard InChI is InChI=1S/C7H5BrF2N2O2/c1-3-2-4(8)5(6(9)10)11-7(3)12(13)14/h2,6H,1H3. The number of halogens is 3. The Morgan fingerprint density at radius 2 is 2.21 bits per heavy atom. The summed E-state index contributed by atoms with van der Waals surface area (Å²) in [5.41, 5.74) is -0.367. The smallest absolute Gasteiger partial charge is 0.358 e. The second-order valence-corrected chi connectivity index (χ2v) is 3.41. The topological polar surface area (TPSA) is 56.0 Å². The van der Waals surface area contributed by atoms with Crippen molar-refractivity contribution in [2.24, 2.45) is 0 Å². The van der Waals surface area contributed by atoms with Crippen LogP contribution in [0.1, 0.15) is 17.7 Å². The number of rotatable bonds is 2. The van der Waals surface area contributed by atoms with Gasteiger partial charge in [0.05, 0.1) is 4.47 Å². The number of pyridine rings is 1. The minimum absolute atomic E-state index is 0.0793. The van der Waals surface area contributed by atoms with Crippen molar-refractivity contribution in [2.75, 3.05) is 0 Å². The van der Waals surface area contributed by atoms with E-state index in [1.54, 1.807) is 0 Å². The summed E-state index contributed by atoms with van der Waals surface area (Å²) < 4.78 is 24.7. The van der Waals surface area contributed by atoms with E-state index in [1.165, 1.54) is 13.0 Å². The number of hydrogen-bond donors (Lipinski definition) is 0. The summed E-state index contributed by atoms with van der Waals surface area (Å²) in [7, 11) is 0. The second-order valence-electron chi connectivity index (χ2n) is 2.55. The third-order valence-corrected chi connectivity index (χ3v) is 2.18. The van der Waals surface area contributed by atoms with Gasteiger partial charge in [-0.2, -0.15) is 0 Å². The Balaban J connectivity index is 3.34. The normalized spacial score (nSPS) is 10.6. The molecule has 14 heavy (non-hydrogen) atoms. The molecule has 1 aromatic rings. The minimum atomic E-state index is -2.83. The van der Waals surface area contributed by atoms with Gasteiger partial charge in [0, 0.05) is 5.56 Å². The van der Waals surface area contributed by atoms with Crippen LogP contribution in [0.3, 0.4) is 0 Å². The largest absolute Gasteiger partial charge is 0.366 e. The van der Waals surface area contributed by atoms with Gasteiger partial charge in [-0.05, 0) is 38.8 Å². The molecule has 0 N–H and O–H groups in total. The molecule has 0 saturated heterocycles. The highest BCUT2D eigenvalue weighted by Crippen LogP contribution is 2.29. The Kier molecular flexibility index (Phi) is 3.10. The van der Waals surface area contributed by atoms with Crippen LogP contribution in [0.15, 0.2) is 10.5 Å². The first kappa shape index (κ1) is 11.0. The molecule has 0 unspecified atom stereocenters. The van der Waals surface area contributed by atoms with E-state index in [0.29, 0.717) is 0 Å². The van der Waals surface area contributed by atoms with Crippen molar-refractivity contribution in [1.29, 1.82) is 0 Å². The van der Waals surface area contributed by atoms with E-state index < -0.39 is 22.9 Å². The predicted octanol–water partition coefficient (Wildman–Crippen LogP) is 3.00. The maximum absolute atomic E-state index is 12.3. The molecule has 0 atom stereocenters. The van der Waals surface area contributed by atoms with Gasteiger partial charge in [0.15, 0.2) is 0 Å². The zero-order valence-corrected chi connectivity index (χ0v) is 8.59. The SMILES string of the molecule is Cc1cc(Br)c(C(F)F)nc1[N+](=O)[O-]. The van der Waals surface area contributed by atoms with Crippen LogP contribution in [0.4, 0.5) is 14.6 Å². The maximum atomic E-state index is 12.3. The molecule has 4 nitrogen and oxygen atoms in total. The van der Waals surface area contributed by atoms with Crippen molar-refractivity contribution in [2.45, 2.75) is 13.3 Å². The average Bonchev–Trinajstić information content (AvgIpc) is 2.02. The lowest BCUT2D eigenvalue weighted by molar-refractivity contribution is -0.390. The molecule has 0 radical (unpaired) electrons. The highest BCUT2D eigenvalue weighted by Gasteiger charge is 2.24. The molecule has 0 amide bonds. The molecule has 1 heterocycles. The molecule has 0 aliphatic carbocycles. The summed E-state index contributed by atoms with van der Waals surface area (Å²) >= 11 is 2.87. The van der Waals surface area contributed by atoms with E-state index in [2.05, 4.69) is 20.9 Å². The summed E-state index contributed by atoms with van der Waals surface area (Å²) in [5, 5.41) is 10.4. The van der Waals surface area contributed by atoms with E-state index in [4.69, 9.17) is 0 Å². The van der Waals surface area contributed by atoms with Crippen molar-refractivity contribution in [3.63, 3.8) is 0 Å². The van der Waals surface area contributed by atoms with Crippen LogP contribution in [0, 0.1) is 17.0 Å².